The van der Waals surface area contributed by atoms with Gasteiger partial charge >= 0.3 is 0 Å². The first-order valence-corrected chi connectivity index (χ1v) is 10.3. The van der Waals surface area contributed by atoms with Gasteiger partial charge in [0.25, 0.3) is 0 Å². The topological polar surface area (TPSA) is 125 Å². The Labute approximate surface area is 178 Å². The van der Waals surface area contributed by atoms with Crippen LogP contribution in [0.2, 0.25) is 0 Å². The first-order chi connectivity index (χ1) is 15.1. The van der Waals surface area contributed by atoms with Crippen molar-refractivity contribution in [3.63, 3.8) is 0 Å². The van der Waals surface area contributed by atoms with Crippen molar-refractivity contribution in [1.82, 2.24) is 19.9 Å². The summed E-state index contributed by atoms with van der Waals surface area (Å²) in [6.07, 6.45) is 0.969. The summed E-state index contributed by atoms with van der Waals surface area (Å²) < 4.78 is 13.8. The lowest BCUT2D eigenvalue weighted by Crippen LogP contribution is -2.34. The van der Waals surface area contributed by atoms with E-state index in [0.717, 1.165) is 16.6 Å². The Morgan fingerprint density at radius 1 is 1.29 bits per heavy atom. The summed E-state index contributed by atoms with van der Waals surface area (Å²) in [6.45, 7) is 3.62. The molecule has 1 aliphatic carbocycles. The third kappa shape index (κ3) is 3.39. The number of aromatic nitrogens is 3. The molecule has 3 N–H and O–H groups in total. The Bertz CT molecular complexity index is 1170. The minimum atomic E-state index is -1.09. The summed E-state index contributed by atoms with van der Waals surface area (Å²) in [4.78, 5) is 8.58. The number of ether oxygens (including phenoxy) is 2. The Morgan fingerprint density at radius 2 is 2.16 bits per heavy atom. The molecule has 3 aromatic rings. The smallest absolute Gasteiger partial charge is 0.143 e. The summed E-state index contributed by atoms with van der Waals surface area (Å²) in [6, 6.07) is 7.00. The van der Waals surface area contributed by atoms with Crippen molar-refractivity contribution < 1.29 is 19.7 Å². The van der Waals surface area contributed by atoms with Crippen molar-refractivity contribution in [2.24, 2.45) is 0 Å². The average Bonchev–Trinajstić information content (AvgIpc) is 3.21. The maximum atomic E-state index is 10.8. The van der Waals surface area contributed by atoms with Crippen molar-refractivity contribution in [3.8, 4) is 17.6 Å². The molecule has 1 aromatic carbocycles. The number of fused-ring (bicyclic) bond motifs is 2. The van der Waals surface area contributed by atoms with Gasteiger partial charge in [-0.15, -0.1) is 0 Å². The average molecular weight is 421 g/mol. The Kier molecular flexibility index (Phi) is 4.98. The van der Waals surface area contributed by atoms with E-state index in [-0.39, 0.29) is 0 Å². The summed E-state index contributed by atoms with van der Waals surface area (Å²) in [5.41, 5.74) is 2.79. The molecule has 2 aliphatic rings. The van der Waals surface area contributed by atoms with Gasteiger partial charge in [0, 0.05) is 31.1 Å². The quantitative estimate of drug-likeness (QED) is 0.576. The van der Waals surface area contributed by atoms with E-state index >= 15 is 0 Å². The second-order valence-electron chi connectivity index (χ2n) is 7.95. The molecule has 5 rings (SSSR count). The highest BCUT2D eigenvalue weighted by Gasteiger charge is 2.44. The van der Waals surface area contributed by atoms with Crippen LogP contribution in [0, 0.1) is 18.3 Å². The molecule has 0 bridgehead atoms. The van der Waals surface area contributed by atoms with Gasteiger partial charge in [0.05, 0.1) is 28.9 Å². The second-order valence-corrected chi connectivity index (χ2v) is 7.95. The van der Waals surface area contributed by atoms with Gasteiger partial charge in [0.15, 0.2) is 0 Å². The van der Waals surface area contributed by atoms with Gasteiger partial charge in [0.2, 0.25) is 0 Å². The highest BCUT2D eigenvalue weighted by Crippen LogP contribution is 2.38. The van der Waals surface area contributed by atoms with Crippen LogP contribution in [0.25, 0.3) is 11.0 Å². The summed E-state index contributed by atoms with van der Waals surface area (Å²) in [5, 5.41) is 35.1. The number of nitrogens with zero attached hydrogens (tertiary/aromatic N) is 4. The molecule has 4 atom stereocenters. The van der Waals surface area contributed by atoms with Crippen LogP contribution in [0.15, 0.2) is 30.7 Å². The van der Waals surface area contributed by atoms with Gasteiger partial charge in [0.1, 0.15) is 48.4 Å². The van der Waals surface area contributed by atoms with E-state index in [1.165, 1.54) is 6.33 Å². The van der Waals surface area contributed by atoms with Crippen LogP contribution in [0.1, 0.15) is 29.3 Å². The zero-order chi connectivity index (χ0) is 21.5. The van der Waals surface area contributed by atoms with E-state index in [2.05, 4.69) is 21.4 Å². The van der Waals surface area contributed by atoms with Crippen molar-refractivity contribution in [1.29, 1.82) is 5.26 Å². The van der Waals surface area contributed by atoms with E-state index in [9.17, 15) is 15.5 Å². The number of hydrogen-bond donors (Lipinski definition) is 3. The fourth-order valence-corrected chi connectivity index (χ4v) is 4.43. The van der Waals surface area contributed by atoms with Crippen LogP contribution in [-0.2, 0) is 6.54 Å². The highest BCUT2D eigenvalue weighted by atomic mass is 16.5. The monoisotopic (exact) mass is 421 g/mol. The van der Waals surface area contributed by atoms with Crippen LogP contribution >= 0.6 is 0 Å². The lowest BCUT2D eigenvalue weighted by molar-refractivity contribution is -0.0166. The minimum absolute atomic E-state index is 0.384. The van der Waals surface area contributed by atoms with Gasteiger partial charge in [-0.3, -0.25) is 0 Å². The molecule has 31 heavy (non-hydrogen) atoms. The van der Waals surface area contributed by atoms with Crippen molar-refractivity contribution >= 4 is 11.0 Å². The number of benzene rings is 1. The third-order valence-corrected chi connectivity index (χ3v) is 6.08. The molecular formula is C22H23N5O4. The molecule has 0 amide bonds. The fraction of sp³-hybridized carbons (Fsp3) is 0.409. The molecule has 1 saturated carbocycles. The molecule has 9 nitrogen and oxygen atoms in total. The van der Waals surface area contributed by atoms with E-state index in [1.54, 1.807) is 12.1 Å². The van der Waals surface area contributed by atoms with Gasteiger partial charge in [-0.25, -0.2) is 9.97 Å². The number of aliphatic hydroxyl groups is 2. The molecule has 3 heterocycles. The molecule has 0 saturated heterocycles. The van der Waals surface area contributed by atoms with Gasteiger partial charge in [-0.1, -0.05) is 0 Å². The predicted octanol–water partition coefficient (Wildman–Crippen LogP) is 1.21. The van der Waals surface area contributed by atoms with Crippen molar-refractivity contribution in [2.75, 3.05) is 13.2 Å². The zero-order valence-corrected chi connectivity index (χ0v) is 17.0. The number of rotatable bonds is 3. The highest BCUT2D eigenvalue weighted by molar-refractivity contribution is 5.78. The Morgan fingerprint density at radius 3 is 3.00 bits per heavy atom. The fourth-order valence-electron chi connectivity index (χ4n) is 4.43. The normalized spacial score (nSPS) is 25.5. The number of nitriles is 1. The summed E-state index contributed by atoms with van der Waals surface area (Å²) in [7, 11) is 0. The molecule has 160 valence electrons. The molecule has 0 spiro atoms. The van der Waals surface area contributed by atoms with Gasteiger partial charge in [-0.2, -0.15) is 5.26 Å². The lowest BCUT2D eigenvalue weighted by Gasteiger charge is -2.21. The van der Waals surface area contributed by atoms with Crippen LogP contribution < -0.4 is 14.8 Å². The maximum absolute atomic E-state index is 10.8. The predicted molar refractivity (Wildman–Crippen MR) is 111 cm³/mol. The molecule has 1 aliphatic heterocycles. The van der Waals surface area contributed by atoms with Crippen molar-refractivity contribution in [2.45, 2.75) is 44.2 Å². The first kappa shape index (κ1) is 19.8. The summed E-state index contributed by atoms with van der Waals surface area (Å²) >= 11 is 0. The SMILES string of the molecule is Cc1ncnc2c1ccn2C1CC(Oc2cc(C#N)cc3c2CNCCO3)C(O)C1O. The molecular weight excluding hydrogens is 398 g/mol. The lowest BCUT2D eigenvalue weighted by atomic mass is 10.1. The number of aryl methyl sites for hydroxylation is 1. The Hall–Kier alpha value is -3.19. The minimum Gasteiger partial charge on any atom is -0.492 e. The van der Waals surface area contributed by atoms with Gasteiger partial charge in [-0.05, 0) is 25.1 Å². The maximum Gasteiger partial charge on any atom is 0.143 e. The molecule has 4 unspecified atom stereocenters. The molecule has 0 radical (unpaired) electrons. The first-order valence-electron chi connectivity index (χ1n) is 10.3. The molecule has 1 fully saturated rings. The van der Waals surface area contributed by atoms with E-state index in [4.69, 9.17) is 9.47 Å². The number of hydrogen-bond acceptors (Lipinski definition) is 8. The van der Waals surface area contributed by atoms with Crippen LogP contribution in [0.4, 0.5) is 0 Å². The van der Waals surface area contributed by atoms with Crippen LogP contribution in [-0.4, -0.2) is 56.2 Å². The number of nitrogens with one attached hydrogen (secondary N) is 1. The van der Waals surface area contributed by atoms with E-state index < -0.39 is 24.4 Å². The summed E-state index contributed by atoms with van der Waals surface area (Å²) in [5.74, 6) is 1.09. The second kappa shape index (κ2) is 7.81. The standard InChI is InChI=1S/C22H23N5O4/c1-12-14-2-4-27(22(14)26-11-25-12)16-8-19(21(29)20(16)28)31-18-7-13(9-23)6-17-15(18)10-24-3-5-30-17/h2,4,6-7,11,16,19-21,24,28-29H,3,5,8,10H2,1H3. The van der Waals surface area contributed by atoms with E-state index in [1.807, 2.05) is 23.8 Å². The van der Waals surface area contributed by atoms with E-state index in [0.29, 0.717) is 48.8 Å². The van der Waals surface area contributed by atoms with Crippen LogP contribution in [0.3, 0.4) is 0 Å². The third-order valence-electron chi connectivity index (χ3n) is 6.08. The molecule has 9 heteroatoms. The van der Waals surface area contributed by atoms with Crippen LogP contribution in [0.5, 0.6) is 11.5 Å². The molecule has 2 aromatic heterocycles. The number of aliphatic hydroxyl groups excluding tert-OH is 2. The Balaban J connectivity index is 1.46. The zero-order valence-electron chi connectivity index (χ0n) is 17.0. The van der Waals surface area contributed by atoms with Gasteiger partial charge < -0.3 is 29.6 Å². The van der Waals surface area contributed by atoms with Crippen molar-refractivity contribution in [3.05, 3.63) is 47.5 Å². The largest absolute Gasteiger partial charge is 0.492 e.